The highest BCUT2D eigenvalue weighted by Gasteiger charge is 2.38. The highest BCUT2D eigenvalue weighted by molar-refractivity contribution is 6.01. The molecule has 2 unspecified atom stereocenters. The van der Waals surface area contributed by atoms with Gasteiger partial charge in [-0.15, -0.1) is 0 Å². The summed E-state index contributed by atoms with van der Waals surface area (Å²) in [6, 6.07) is 26.3. The zero-order chi connectivity index (χ0) is 36.5. The fourth-order valence-corrected chi connectivity index (χ4v) is 7.23. The molecule has 1 saturated heterocycles. The number of Topliss-reactive ketones (excluding diaryl/α,β-unsaturated/α-hetero) is 1. The summed E-state index contributed by atoms with van der Waals surface area (Å²) in [5, 5.41) is 11.9. The number of likely N-dealkylation sites (tertiary alicyclic amines) is 1. The number of benzene rings is 4. The van der Waals surface area contributed by atoms with Gasteiger partial charge in [0.1, 0.15) is 11.6 Å². The Morgan fingerprint density at radius 1 is 0.843 bits per heavy atom. The smallest absolute Gasteiger partial charge is 0.253 e. The topological polar surface area (TPSA) is 77.9 Å². The summed E-state index contributed by atoms with van der Waals surface area (Å²) in [5.41, 5.74) is 4.91. The van der Waals surface area contributed by atoms with Gasteiger partial charge in [-0.05, 0) is 103 Å². The maximum Gasteiger partial charge on any atom is 0.253 e. The quantitative estimate of drug-likeness (QED) is 0.127. The van der Waals surface area contributed by atoms with Crippen LogP contribution in [-0.4, -0.2) is 58.2 Å². The number of carbonyl (C=O) groups is 3. The Balaban J connectivity index is 1.37. The lowest BCUT2D eigenvalue weighted by molar-refractivity contribution is -0.145. The van der Waals surface area contributed by atoms with Gasteiger partial charge in [0.25, 0.3) is 5.91 Å². The van der Waals surface area contributed by atoms with E-state index in [0.29, 0.717) is 50.1 Å². The van der Waals surface area contributed by atoms with Crippen molar-refractivity contribution in [3.8, 4) is 11.1 Å². The molecule has 0 aromatic heterocycles. The summed E-state index contributed by atoms with van der Waals surface area (Å²) in [7, 11) is 0. The summed E-state index contributed by atoms with van der Waals surface area (Å²) in [6.07, 6.45) is 1.29. The van der Waals surface area contributed by atoms with Crippen LogP contribution < -0.4 is 0 Å². The van der Waals surface area contributed by atoms with E-state index >= 15 is 0 Å². The molecule has 1 aliphatic heterocycles. The lowest BCUT2D eigenvalue weighted by Crippen LogP contribution is -2.47. The van der Waals surface area contributed by atoms with Gasteiger partial charge in [0.05, 0.1) is 12.0 Å². The first-order valence-electron chi connectivity index (χ1n) is 18.1. The van der Waals surface area contributed by atoms with E-state index in [1.54, 1.807) is 28.0 Å². The molecular weight excluding hydrogens is 646 g/mol. The van der Waals surface area contributed by atoms with Crippen LogP contribution in [-0.2, 0) is 17.8 Å². The Morgan fingerprint density at radius 2 is 1.47 bits per heavy atom. The molecule has 268 valence electrons. The van der Waals surface area contributed by atoms with Crippen LogP contribution in [0.15, 0.2) is 91.0 Å². The van der Waals surface area contributed by atoms with Crippen molar-refractivity contribution in [3.63, 3.8) is 0 Å². The van der Waals surface area contributed by atoms with Crippen LogP contribution >= 0.6 is 0 Å². The summed E-state index contributed by atoms with van der Waals surface area (Å²) in [6.45, 7) is 7.97. The maximum atomic E-state index is 14.3. The third-order valence-corrected chi connectivity index (χ3v) is 9.69. The van der Waals surface area contributed by atoms with E-state index in [4.69, 9.17) is 0 Å². The minimum atomic E-state index is -1.24. The largest absolute Gasteiger partial charge is 0.392 e. The van der Waals surface area contributed by atoms with Crippen molar-refractivity contribution in [3.05, 3.63) is 130 Å². The molecule has 0 spiro atoms. The number of halogens is 2. The van der Waals surface area contributed by atoms with Gasteiger partial charge in [0.2, 0.25) is 5.91 Å². The molecule has 0 saturated carbocycles. The van der Waals surface area contributed by atoms with Crippen molar-refractivity contribution in [2.45, 2.75) is 71.9 Å². The number of aliphatic hydroxyl groups excluding tert-OH is 1. The third kappa shape index (κ3) is 9.76. The second-order valence-electron chi connectivity index (χ2n) is 13.8. The molecule has 5 rings (SSSR count). The van der Waals surface area contributed by atoms with Crippen LogP contribution in [0.2, 0.25) is 0 Å². The van der Waals surface area contributed by atoms with E-state index < -0.39 is 29.6 Å². The van der Waals surface area contributed by atoms with Crippen LogP contribution in [0.4, 0.5) is 8.78 Å². The summed E-state index contributed by atoms with van der Waals surface area (Å²) in [5.74, 6) is -3.78. The van der Waals surface area contributed by atoms with Gasteiger partial charge in [-0.25, -0.2) is 8.78 Å². The monoisotopic (exact) mass is 694 g/mol. The average molecular weight is 695 g/mol. The highest BCUT2D eigenvalue weighted by Crippen LogP contribution is 2.32. The number of aliphatic hydroxyl groups is 1. The Kier molecular flexibility index (Phi) is 12.9. The summed E-state index contributed by atoms with van der Waals surface area (Å²) < 4.78 is 28.6. The van der Waals surface area contributed by atoms with Gasteiger partial charge in [0.15, 0.2) is 5.78 Å². The third-order valence-electron chi connectivity index (χ3n) is 9.69. The van der Waals surface area contributed by atoms with Crippen molar-refractivity contribution < 1.29 is 28.3 Å². The number of carbonyl (C=O) groups excluding carboxylic acids is 3. The number of piperidine rings is 1. The molecule has 1 fully saturated rings. The molecule has 2 amide bonds. The number of hydrogen-bond donors (Lipinski definition) is 1. The fraction of sp³-hybridized carbons (Fsp3) is 0.372. The van der Waals surface area contributed by atoms with Gasteiger partial charge in [0, 0.05) is 49.8 Å². The van der Waals surface area contributed by atoms with Crippen LogP contribution in [0.1, 0.15) is 83.4 Å². The second-order valence-corrected chi connectivity index (χ2v) is 13.8. The van der Waals surface area contributed by atoms with Crippen LogP contribution in [0.25, 0.3) is 11.1 Å². The SMILES string of the molecule is CCCN(CCC)C(=O)c1cc(C)cc(C(=O)CC(Cc2cc(F)cc(F)c2)[C@H](O)C2CCCN(Cc3ccc(-c4ccccc4)cc3)C2=O)c1. The Labute approximate surface area is 300 Å². The molecule has 0 aliphatic carbocycles. The fourth-order valence-electron chi connectivity index (χ4n) is 7.23. The predicted molar refractivity (Wildman–Crippen MR) is 196 cm³/mol. The molecule has 8 heteroatoms. The lowest BCUT2D eigenvalue weighted by Gasteiger charge is -2.37. The minimum Gasteiger partial charge on any atom is -0.392 e. The number of nitrogens with zero attached hydrogens (tertiary/aromatic N) is 2. The van der Waals surface area contributed by atoms with Crippen molar-refractivity contribution in [2.24, 2.45) is 11.8 Å². The lowest BCUT2D eigenvalue weighted by atomic mass is 9.79. The molecule has 1 heterocycles. The molecule has 3 atom stereocenters. The van der Waals surface area contributed by atoms with Crippen LogP contribution in [0, 0.1) is 30.4 Å². The molecule has 0 bridgehead atoms. The second kappa shape index (κ2) is 17.5. The zero-order valence-electron chi connectivity index (χ0n) is 29.8. The number of hydrogen-bond acceptors (Lipinski definition) is 4. The Hall–Kier alpha value is -4.69. The van der Waals surface area contributed by atoms with E-state index in [9.17, 15) is 28.3 Å². The summed E-state index contributed by atoms with van der Waals surface area (Å²) >= 11 is 0. The number of ketones is 1. The van der Waals surface area contributed by atoms with Crippen molar-refractivity contribution in [1.29, 1.82) is 0 Å². The van der Waals surface area contributed by atoms with Gasteiger partial charge in [-0.3, -0.25) is 14.4 Å². The number of aryl methyl sites for hydroxylation is 1. The van der Waals surface area contributed by atoms with Crippen molar-refractivity contribution >= 4 is 17.6 Å². The van der Waals surface area contributed by atoms with E-state index in [2.05, 4.69) is 0 Å². The molecule has 1 aliphatic rings. The molecule has 4 aromatic rings. The average Bonchev–Trinajstić information content (AvgIpc) is 3.11. The summed E-state index contributed by atoms with van der Waals surface area (Å²) in [4.78, 5) is 44.8. The molecule has 51 heavy (non-hydrogen) atoms. The van der Waals surface area contributed by atoms with Crippen LogP contribution in [0.5, 0.6) is 0 Å². The normalized spacial score (nSPS) is 15.8. The number of amides is 2. The molecule has 6 nitrogen and oxygen atoms in total. The first-order valence-corrected chi connectivity index (χ1v) is 18.1. The van der Waals surface area contributed by atoms with Crippen LogP contribution in [0.3, 0.4) is 0 Å². The van der Waals surface area contributed by atoms with Crippen molar-refractivity contribution in [1.82, 2.24) is 9.80 Å². The maximum absolute atomic E-state index is 14.3. The van der Waals surface area contributed by atoms with Gasteiger partial charge in [-0.1, -0.05) is 68.4 Å². The molecular formula is C43H48F2N2O4. The van der Waals surface area contributed by atoms with E-state index in [-0.39, 0.29) is 36.0 Å². The Morgan fingerprint density at radius 3 is 2.12 bits per heavy atom. The predicted octanol–water partition coefficient (Wildman–Crippen LogP) is 8.43. The highest BCUT2D eigenvalue weighted by atomic mass is 19.1. The van der Waals surface area contributed by atoms with Crippen molar-refractivity contribution in [2.75, 3.05) is 19.6 Å². The van der Waals surface area contributed by atoms with Gasteiger partial charge in [-0.2, -0.15) is 0 Å². The van der Waals surface area contributed by atoms with Gasteiger partial charge < -0.3 is 14.9 Å². The van der Waals surface area contributed by atoms with E-state index in [1.165, 1.54) is 12.1 Å². The zero-order valence-corrected chi connectivity index (χ0v) is 29.8. The number of rotatable bonds is 15. The molecule has 0 radical (unpaired) electrons. The first-order chi connectivity index (χ1) is 24.6. The molecule has 1 N–H and O–H groups in total. The van der Waals surface area contributed by atoms with E-state index in [1.807, 2.05) is 75.4 Å². The Bertz CT molecular complexity index is 1780. The molecule has 4 aromatic carbocycles. The van der Waals surface area contributed by atoms with E-state index in [0.717, 1.165) is 41.2 Å². The minimum absolute atomic E-state index is 0.00923. The van der Waals surface area contributed by atoms with Gasteiger partial charge >= 0.3 is 0 Å². The first kappa shape index (κ1) is 37.6. The standard InChI is InChI=1S/C43H48F2N2O4/c1-4-17-46(18-5-2)42(50)36-21-29(3)20-34(25-36)40(48)26-35(22-31-23-37(44)27-38(45)24-31)41(49)39-12-9-19-47(43(39)51)28-30-13-15-33(16-14-30)32-10-7-6-8-11-32/h6-8,10-11,13-16,20-21,23-25,27,35,39,41,49H,4-5,9,12,17-19,22,26,28H2,1-3H3/t35?,39?,41-/m0/s1.